The van der Waals surface area contributed by atoms with Crippen molar-refractivity contribution in [2.24, 2.45) is 0 Å². The molecule has 5 heterocycles. The van der Waals surface area contributed by atoms with Gasteiger partial charge in [0.25, 0.3) is 0 Å². The molecule has 0 N–H and O–H groups in total. The number of furan rings is 1. The lowest BCUT2D eigenvalue weighted by Crippen LogP contribution is -1.95. The summed E-state index contributed by atoms with van der Waals surface area (Å²) < 4.78 is 16.2. The molecule has 5 aromatic heterocycles. The van der Waals surface area contributed by atoms with Gasteiger partial charge in [0.1, 0.15) is 11.2 Å². The highest BCUT2D eigenvalue weighted by molar-refractivity contribution is 6.16. The van der Waals surface area contributed by atoms with Crippen LogP contribution in [0, 0.1) is 0 Å². The van der Waals surface area contributed by atoms with Crippen LogP contribution in [0.4, 0.5) is 0 Å². The fourth-order valence-corrected chi connectivity index (χ4v) is 12.9. The summed E-state index contributed by atoms with van der Waals surface area (Å²) in [5, 5.41) is 12.0. The van der Waals surface area contributed by atoms with Crippen molar-refractivity contribution < 1.29 is 4.42 Å². The van der Waals surface area contributed by atoms with Crippen LogP contribution in [0.2, 0.25) is 0 Å². The smallest absolute Gasteiger partial charge is 0.135 e. The van der Waals surface area contributed by atoms with Crippen molar-refractivity contribution in [3.8, 4) is 45.0 Å². The van der Waals surface area contributed by atoms with Gasteiger partial charge in [0.15, 0.2) is 0 Å². The molecule has 0 radical (unpaired) electrons. The first-order chi connectivity index (χ1) is 38.2. The number of aromatic nitrogens is 4. The van der Waals surface area contributed by atoms with E-state index in [-0.39, 0.29) is 0 Å². The lowest BCUT2D eigenvalue weighted by Gasteiger charge is -2.10. The monoisotopic (exact) mass is 980 g/mol. The molecule has 0 bridgehead atoms. The van der Waals surface area contributed by atoms with Crippen LogP contribution in [-0.4, -0.2) is 18.3 Å². The summed E-state index contributed by atoms with van der Waals surface area (Å²) in [7, 11) is 0. The van der Waals surface area contributed by atoms with Gasteiger partial charge in [0, 0.05) is 76.6 Å². The van der Waals surface area contributed by atoms with Crippen molar-refractivity contribution in [3.05, 3.63) is 267 Å². The Morgan fingerprint density at radius 1 is 0.182 bits per heavy atom. The lowest BCUT2D eigenvalue weighted by molar-refractivity contribution is 0.669. The number of rotatable bonds is 6. The number of para-hydroxylation sites is 6. The van der Waals surface area contributed by atoms with Crippen LogP contribution >= 0.6 is 0 Å². The number of hydrogen-bond acceptors (Lipinski definition) is 1. The summed E-state index contributed by atoms with van der Waals surface area (Å²) in [5.74, 6) is 0. The van der Waals surface area contributed by atoms with Crippen LogP contribution in [0.3, 0.4) is 0 Å². The van der Waals surface area contributed by atoms with E-state index in [1.165, 1.54) is 87.2 Å². The quantitative estimate of drug-likeness (QED) is 0.163. The van der Waals surface area contributed by atoms with Gasteiger partial charge in [-0.05, 0) is 156 Å². The van der Waals surface area contributed by atoms with Crippen LogP contribution in [0.1, 0.15) is 0 Å². The minimum absolute atomic E-state index is 0.873. The molecule has 0 atom stereocenters. The third-order valence-corrected chi connectivity index (χ3v) is 16.3. The van der Waals surface area contributed by atoms with Crippen LogP contribution in [-0.2, 0) is 0 Å². The van der Waals surface area contributed by atoms with Gasteiger partial charge in [0.2, 0.25) is 0 Å². The standard InChI is InChI=1S/C72H44N4O/c1-3-15-49(16-4-1)73-67-33-27-45(39-57(67)59-43-51(31-35-69(59)73)75-63-23-11-7-19-53(63)54-20-8-12-24-64(54)75)47-29-37-71-61(41-47)62-42-48(30-38-72(62)77-71)46-28-34-68-58(40-46)60-44-52(32-36-70(60)74(68)50-17-5-2-6-18-50)76-65-25-13-9-21-55(65)56-22-10-14-26-66(56)76/h1-44H. The first-order valence-electron chi connectivity index (χ1n) is 26.4. The maximum atomic E-state index is 6.60. The fourth-order valence-electron chi connectivity index (χ4n) is 12.9. The summed E-state index contributed by atoms with van der Waals surface area (Å²) in [5.41, 5.74) is 20.4. The molecule has 5 heteroatoms. The molecule has 17 rings (SSSR count). The Kier molecular flexibility index (Phi) is 8.77. The highest BCUT2D eigenvalue weighted by atomic mass is 16.3. The van der Waals surface area contributed by atoms with E-state index in [2.05, 4.69) is 285 Å². The summed E-state index contributed by atoms with van der Waals surface area (Å²) in [6.45, 7) is 0. The Hall–Kier alpha value is -10.4. The Bertz CT molecular complexity index is 4840. The summed E-state index contributed by atoms with van der Waals surface area (Å²) in [4.78, 5) is 0. The summed E-state index contributed by atoms with van der Waals surface area (Å²) >= 11 is 0. The molecule has 0 aliphatic rings. The molecule has 0 aliphatic carbocycles. The molecule has 77 heavy (non-hydrogen) atoms. The Balaban J connectivity index is 0.814. The average molecular weight is 981 g/mol. The second kappa shape index (κ2) is 16.1. The second-order valence-electron chi connectivity index (χ2n) is 20.5. The van der Waals surface area contributed by atoms with E-state index >= 15 is 0 Å². The molecule has 0 saturated carbocycles. The number of fused-ring (bicyclic) bond motifs is 15. The highest BCUT2D eigenvalue weighted by Gasteiger charge is 2.21. The van der Waals surface area contributed by atoms with Crippen molar-refractivity contribution in [2.45, 2.75) is 0 Å². The Morgan fingerprint density at radius 3 is 0.831 bits per heavy atom. The van der Waals surface area contributed by atoms with Gasteiger partial charge in [-0.3, -0.25) is 0 Å². The van der Waals surface area contributed by atoms with Gasteiger partial charge in [0.05, 0.1) is 44.1 Å². The predicted octanol–water partition coefficient (Wildman–Crippen LogP) is 19.3. The zero-order valence-electron chi connectivity index (χ0n) is 41.6. The third-order valence-electron chi connectivity index (χ3n) is 16.3. The van der Waals surface area contributed by atoms with Crippen LogP contribution in [0.5, 0.6) is 0 Å². The van der Waals surface area contributed by atoms with Gasteiger partial charge in [-0.2, -0.15) is 0 Å². The van der Waals surface area contributed by atoms with Crippen molar-refractivity contribution in [3.63, 3.8) is 0 Å². The molecule has 5 nitrogen and oxygen atoms in total. The normalized spacial score (nSPS) is 12.2. The van der Waals surface area contributed by atoms with Gasteiger partial charge in [-0.25, -0.2) is 0 Å². The molecule has 12 aromatic carbocycles. The molecule has 0 fully saturated rings. The zero-order valence-corrected chi connectivity index (χ0v) is 41.6. The number of benzene rings is 12. The molecule has 0 spiro atoms. The molecular formula is C72H44N4O. The Labute approximate surface area is 441 Å². The minimum Gasteiger partial charge on any atom is -0.456 e. The maximum absolute atomic E-state index is 6.60. The van der Waals surface area contributed by atoms with Gasteiger partial charge >= 0.3 is 0 Å². The number of nitrogens with zero attached hydrogens (tertiary/aromatic N) is 4. The maximum Gasteiger partial charge on any atom is 0.135 e. The van der Waals surface area contributed by atoms with E-state index < -0.39 is 0 Å². The summed E-state index contributed by atoms with van der Waals surface area (Å²) in [6, 6.07) is 97.6. The van der Waals surface area contributed by atoms with E-state index in [0.717, 1.165) is 66.9 Å². The molecule has 0 aliphatic heterocycles. The highest BCUT2D eigenvalue weighted by Crippen LogP contribution is 2.43. The van der Waals surface area contributed by atoms with Crippen LogP contribution in [0.25, 0.3) is 154 Å². The van der Waals surface area contributed by atoms with Gasteiger partial charge in [-0.15, -0.1) is 0 Å². The molecule has 17 aromatic rings. The van der Waals surface area contributed by atoms with Crippen LogP contribution in [0.15, 0.2) is 271 Å². The first kappa shape index (κ1) is 42.0. The zero-order chi connectivity index (χ0) is 50.3. The molecule has 0 saturated heterocycles. The first-order valence-corrected chi connectivity index (χ1v) is 26.4. The average Bonchev–Trinajstić information content (AvgIpc) is 4.39. The second-order valence-corrected chi connectivity index (χ2v) is 20.5. The van der Waals surface area contributed by atoms with E-state index in [1.807, 2.05) is 0 Å². The summed E-state index contributed by atoms with van der Waals surface area (Å²) in [6.07, 6.45) is 0. The van der Waals surface area contributed by atoms with Gasteiger partial charge in [-0.1, -0.05) is 133 Å². The number of hydrogen-bond donors (Lipinski definition) is 0. The van der Waals surface area contributed by atoms with Crippen molar-refractivity contribution in [2.75, 3.05) is 0 Å². The predicted molar refractivity (Wildman–Crippen MR) is 322 cm³/mol. The lowest BCUT2D eigenvalue weighted by atomic mass is 9.98. The van der Waals surface area contributed by atoms with E-state index in [0.29, 0.717) is 0 Å². The minimum atomic E-state index is 0.873. The van der Waals surface area contributed by atoms with Crippen molar-refractivity contribution in [1.82, 2.24) is 18.3 Å². The fraction of sp³-hybridized carbons (Fsp3) is 0. The molecule has 0 amide bonds. The topological polar surface area (TPSA) is 32.9 Å². The van der Waals surface area contributed by atoms with Crippen LogP contribution < -0.4 is 0 Å². The SMILES string of the molecule is c1ccc(-n2c3ccc(-c4ccc5oc6ccc(-c7ccc8c(c7)c7cc(-n9c%10ccccc%10c%10ccccc%109)ccc7n8-c7ccccc7)cc6c5c4)cc3c3cc(-n4c5ccccc5c5ccccc54)ccc32)cc1. The van der Waals surface area contributed by atoms with Gasteiger partial charge < -0.3 is 22.7 Å². The molecular weight excluding hydrogens is 937 g/mol. The van der Waals surface area contributed by atoms with Crippen molar-refractivity contribution >= 4 is 109 Å². The molecule has 358 valence electrons. The van der Waals surface area contributed by atoms with E-state index in [9.17, 15) is 0 Å². The molecule has 0 unspecified atom stereocenters. The Morgan fingerprint density at radius 2 is 0.455 bits per heavy atom. The largest absolute Gasteiger partial charge is 0.456 e. The van der Waals surface area contributed by atoms with E-state index in [4.69, 9.17) is 4.42 Å². The third kappa shape index (κ3) is 6.17. The van der Waals surface area contributed by atoms with E-state index in [1.54, 1.807) is 0 Å². The van der Waals surface area contributed by atoms with Crippen molar-refractivity contribution in [1.29, 1.82) is 0 Å².